The van der Waals surface area contributed by atoms with Gasteiger partial charge in [-0.15, -0.1) is 24.0 Å². The van der Waals surface area contributed by atoms with Crippen LogP contribution < -0.4 is 5.32 Å². The van der Waals surface area contributed by atoms with Gasteiger partial charge < -0.3 is 15.1 Å². The van der Waals surface area contributed by atoms with Crippen molar-refractivity contribution in [2.45, 2.75) is 25.6 Å². The van der Waals surface area contributed by atoms with Gasteiger partial charge in [-0.2, -0.15) is 18.3 Å². The molecule has 0 saturated carbocycles. The minimum absolute atomic E-state index is 0. The maximum absolute atomic E-state index is 12.7. The van der Waals surface area contributed by atoms with Gasteiger partial charge in [-0.1, -0.05) is 6.92 Å². The largest absolute Gasteiger partial charge is 0.401 e. The van der Waals surface area contributed by atoms with E-state index in [1.807, 2.05) is 33.5 Å². The van der Waals surface area contributed by atoms with Crippen molar-refractivity contribution in [3.63, 3.8) is 0 Å². The van der Waals surface area contributed by atoms with Crippen LogP contribution >= 0.6 is 24.0 Å². The monoisotopic (exact) mass is 545 g/mol. The molecule has 1 aliphatic rings. The molecule has 1 fully saturated rings. The van der Waals surface area contributed by atoms with E-state index in [-0.39, 0.29) is 35.9 Å². The molecule has 174 valence electrons. The Morgan fingerprint density at radius 1 is 1.40 bits per heavy atom. The summed E-state index contributed by atoms with van der Waals surface area (Å²) in [5.74, 6) is 1.00. The molecule has 1 saturated heterocycles. The molecule has 0 aliphatic carbocycles. The van der Waals surface area contributed by atoms with Gasteiger partial charge >= 0.3 is 6.18 Å². The summed E-state index contributed by atoms with van der Waals surface area (Å²) in [6, 6.07) is 0.140. The van der Waals surface area contributed by atoms with Crippen LogP contribution in [0.25, 0.3) is 0 Å². The van der Waals surface area contributed by atoms with E-state index in [0.29, 0.717) is 26.2 Å². The van der Waals surface area contributed by atoms with Crippen LogP contribution in [0, 0.1) is 5.92 Å². The Balaban J connectivity index is 0.00000450. The molecule has 30 heavy (non-hydrogen) atoms. The van der Waals surface area contributed by atoms with Crippen molar-refractivity contribution >= 4 is 29.9 Å². The fourth-order valence-corrected chi connectivity index (χ4v) is 3.83. The minimum Gasteiger partial charge on any atom is -0.354 e. The average molecular weight is 545 g/mol. The molecule has 0 aromatic carbocycles. The third-order valence-corrected chi connectivity index (χ3v) is 5.35. The molecule has 1 aliphatic heterocycles. The first-order valence-corrected chi connectivity index (χ1v) is 10.0. The van der Waals surface area contributed by atoms with Crippen molar-refractivity contribution in [2.75, 3.05) is 60.4 Å². The molecule has 1 aromatic heterocycles. The van der Waals surface area contributed by atoms with Gasteiger partial charge in [-0.05, 0) is 33.0 Å². The van der Waals surface area contributed by atoms with Gasteiger partial charge in [0.05, 0.1) is 18.8 Å². The third-order valence-electron chi connectivity index (χ3n) is 5.35. The van der Waals surface area contributed by atoms with Crippen LogP contribution in [-0.2, 0) is 7.05 Å². The summed E-state index contributed by atoms with van der Waals surface area (Å²) in [7, 11) is 7.68. The molecule has 1 aromatic rings. The lowest BCUT2D eigenvalue weighted by atomic mass is 10.1. The van der Waals surface area contributed by atoms with Crippen LogP contribution in [0.4, 0.5) is 13.2 Å². The zero-order valence-electron chi connectivity index (χ0n) is 18.5. The summed E-state index contributed by atoms with van der Waals surface area (Å²) in [5.41, 5.74) is 1.12. The van der Waals surface area contributed by atoms with E-state index in [0.717, 1.165) is 24.5 Å². The first kappa shape index (κ1) is 27.0. The number of hydrogen-bond acceptors (Lipinski definition) is 4. The number of rotatable bonds is 8. The predicted molar refractivity (Wildman–Crippen MR) is 124 cm³/mol. The van der Waals surface area contributed by atoms with Gasteiger partial charge in [0.25, 0.3) is 0 Å². The SMILES string of the molecule is CCN(CC1CCN(C(=NC)NCC(c2cnn(C)c2)N(C)C)C1)CC(F)(F)F.I. The normalized spacial score (nSPS) is 18.8. The van der Waals surface area contributed by atoms with E-state index >= 15 is 0 Å². The molecule has 2 unspecified atom stereocenters. The zero-order chi connectivity index (χ0) is 21.6. The van der Waals surface area contributed by atoms with Gasteiger partial charge in [0, 0.05) is 52.0 Å². The Labute approximate surface area is 194 Å². The highest BCUT2D eigenvalue weighted by Gasteiger charge is 2.33. The highest BCUT2D eigenvalue weighted by atomic mass is 127. The number of alkyl halides is 3. The molecule has 11 heteroatoms. The Bertz CT molecular complexity index is 663. The molecular weight excluding hydrogens is 510 g/mol. The van der Waals surface area contributed by atoms with E-state index in [9.17, 15) is 13.2 Å². The van der Waals surface area contributed by atoms with Crippen LogP contribution in [0.5, 0.6) is 0 Å². The van der Waals surface area contributed by atoms with Gasteiger partial charge in [0.2, 0.25) is 0 Å². The highest BCUT2D eigenvalue weighted by molar-refractivity contribution is 14.0. The fraction of sp³-hybridized carbons (Fsp3) is 0.789. The van der Waals surface area contributed by atoms with Crippen molar-refractivity contribution in [3.8, 4) is 0 Å². The number of nitrogens with zero attached hydrogens (tertiary/aromatic N) is 6. The molecular formula is C19H35F3IN7. The van der Waals surface area contributed by atoms with E-state index in [1.54, 1.807) is 18.7 Å². The second kappa shape index (κ2) is 12.1. The standard InChI is InChI=1S/C19H34F3N7.HI/c1-6-28(14-19(20,21)22)11-15-7-8-29(12-15)18(23-2)24-10-17(26(3)4)16-9-25-27(5)13-16;/h9,13,15,17H,6-8,10-12,14H2,1-5H3,(H,23,24);1H. The molecule has 2 heterocycles. The highest BCUT2D eigenvalue weighted by Crippen LogP contribution is 2.22. The molecule has 0 spiro atoms. The van der Waals surface area contributed by atoms with Crippen LogP contribution in [0.3, 0.4) is 0 Å². The summed E-state index contributed by atoms with van der Waals surface area (Å²) in [5, 5.41) is 7.68. The molecule has 0 amide bonds. The van der Waals surface area contributed by atoms with Crippen LogP contribution in [0.1, 0.15) is 24.9 Å². The van der Waals surface area contributed by atoms with Crippen LogP contribution in [0.2, 0.25) is 0 Å². The van der Waals surface area contributed by atoms with Crippen LogP contribution in [-0.4, -0.2) is 97.0 Å². The summed E-state index contributed by atoms with van der Waals surface area (Å²) < 4.78 is 39.9. The third kappa shape index (κ3) is 8.22. The minimum atomic E-state index is -4.15. The smallest absolute Gasteiger partial charge is 0.354 e. The number of guanidine groups is 1. The van der Waals surface area contributed by atoms with Crippen LogP contribution in [0.15, 0.2) is 17.4 Å². The van der Waals surface area contributed by atoms with Gasteiger partial charge in [-0.25, -0.2) is 0 Å². The average Bonchev–Trinajstić information content (AvgIpc) is 3.26. The lowest BCUT2D eigenvalue weighted by Crippen LogP contribution is -2.44. The van der Waals surface area contributed by atoms with Crippen molar-refractivity contribution in [1.82, 2.24) is 29.8 Å². The molecule has 2 rings (SSSR count). The summed E-state index contributed by atoms with van der Waals surface area (Å²) >= 11 is 0. The second-order valence-electron chi connectivity index (χ2n) is 7.90. The van der Waals surface area contributed by atoms with E-state index in [4.69, 9.17) is 0 Å². The van der Waals surface area contributed by atoms with Gasteiger partial charge in [-0.3, -0.25) is 14.6 Å². The number of halogens is 4. The summed E-state index contributed by atoms with van der Waals surface area (Å²) in [4.78, 5) is 10.1. The van der Waals surface area contributed by atoms with Gasteiger partial charge in [0.1, 0.15) is 0 Å². The quantitative estimate of drug-likeness (QED) is 0.309. The first-order valence-electron chi connectivity index (χ1n) is 10.0. The first-order chi connectivity index (χ1) is 13.6. The number of hydrogen-bond donors (Lipinski definition) is 1. The summed E-state index contributed by atoms with van der Waals surface area (Å²) in [6.45, 7) is 3.97. The Morgan fingerprint density at radius 3 is 2.60 bits per heavy atom. The van der Waals surface area contributed by atoms with Crippen molar-refractivity contribution in [1.29, 1.82) is 0 Å². The zero-order valence-corrected chi connectivity index (χ0v) is 20.8. The lowest BCUT2D eigenvalue weighted by Gasteiger charge is -2.28. The number of aliphatic imine (C=N–C) groups is 1. The van der Waals surface area contributed by atoms with Crippen molar-refractivity contribution in [3.05, 3.63) is 18.0 Å². The van der Waals surface area contributed by atoms with Gasteiger partial charge in [0.15, 0.2) is 5.96 Å². The number of nitrogens with one attached hydrogen (secondary N) is 1. The Kier molecular flexibility index (Phi) is 10.9. The van der Waals surface area contributed by atoms with E-state index in [2.05, 4.69) is 25.2 Å². The predicted octanol–water partition coefficient (Wildman–Crippen LogP) is 2.42. The molecule has 0 radical (unpaired) electrons. The van der Waals surface area contributed by atoms with E-state index in [1.165, 1.54) is 4.90 Å². The van der Waals surface area contributed by atoms with Crippen molar-refractivity contribution in [2.24, 2.45) is 18.0 Å². The lowest BCUT2D eigenvalue weighted by molar-refractivity contribution is -0.146. The summed E-state index contributed by atoms with van der Waals surface area (Å²) in [6.07, 6.45) is 0.579. The number of likely N-dealkylation sites (N-methyl/N-ethyl adjacent to an activating group) is 1. The Hall–Kier alpha value is -1.08. The molecule has 7 nitrogen and oxygen atoms in total. The van der Waals surface area contributed by atoms with E-state index < -0.39 is 12.7 Å². The van der Waals surface area contributed by atoms with Crippen molar-refractivity contribution < 1.29 is 13.2 Å². The molecule has 0 bridgehead atoms. The molecule has 2 atom stereocenters. The topological polar surface area (TPSA) is 51.9 Å². The number of aromatic nitrogens is 2. The number of likely N-dealkylation sites (tertiary alicyclic amines) is 1. The second-order valence-corrected chi connectivity index (χ2v) is 7.90. The maximum atomic E-state index is 12.7. The molecule has 1 N–H and O–H groups in total. The maximum Gasteiger partial charge on any atom is 0.401 e. The number of aryl methyl sites for hydroxylation is 1. The Morgan fingerprint density at radius 2 is 2.10 bits per heavy atom. The fourth-order valence-electron chi connectivity index (χ4n) is 3.83.